The Kier molecular flexibility index (Phi) is 4.90. The average Bonchev–Trinajstić information content (AvgIpc) is 3.12. The van der Waals surface area contributed by atoms with Crippen molar-refractivity contribution in [2.45, 2.75) is 44.8 Å². The fourth-order valence-electron chi connectivity index (χ4n) is 4.05. The van der Waals surface area contributed by atoms with Crippen molar-refractivity contribution < 1.29 is 4.74 Å². The summed E-state index contributed by atoms with van der Waals surface area (Å²) in [5.74, 6) is 1.69. The minimum atomic E-state index is 0.102. The van der Waals surface area contributed by atoms with Gasteiger partial charge in [0.15, 0.2) is 0 Å². The molecule has 2 aromatic rings. The van der Waals surface area contributed by atoms with Crippen LogP contribution in [0.3, 0.4) is 0 Å². The van der Waals surface area contributed by atoms with Gasteiger partial charge in [-0.05, 0) is 61.6 Å². The van der Waals surface area contributed by atoms with Crippen molar-refractivity contribution in [3.05, 3.63) is 69.7 Å². The average molecular weight is 388 g/mol. The molecule has 0 saturated carbocycles. The molecular weight excluding hydrogens is 365 g/mol. The lowest BCUT2D eigenvalue weighted by Crippen LogP contribution is -2.29. The molecule has 2 aliphatic rings. The molecule has 0 bridgehead atoms. The maximum absolute atomic E-state index is 6.51. The number of allylic oxidation sites excluding steroid dienone is 2. The Hall–Kier alpha value is -1.64. The highest BCUT2D eigenvalue weighted by Crippen LogP contribution is 2.52. The van der Waals surface area contributed by atoms with Crippen LogP contribution in [0.25, 0.3) is 0 Å². The number of halogens is 2. The first kappa shape index (κ1) is 17.8. The number of anilines is 1. The summed E-state index contributed by atoms with van der Waals surface area (Å²) in [7, 11) is 0. The highest BCUT2D eigenvalue weighted by Gasteiger charge is 2.39. The minimum Gasteiger partial charge on any atom is -0.491 e. The van der Waals surface area contributed by atoms with Gasteiger partial charge in [0.25, 0.3) is 0 Å². The standard InChI is InChI=1S/C22H23Cl2NO/c1-3-13(2)26-14-10-11-20-17(12-14)15-6-4-7-16(15)22(25-20)21-18(23)8-5-9-19(21)24/h4-6,8-13,15-16,22,25H,3,7H2,1-2H3. The zero-order valence-electron chi connectivity index (χ0n) is 15.0. The van der Waals surface area contributed by atoms with Gasteiger partial charge < -0.3 is 10.1 Å². The van der Waals surface area contributed by atoms with E-state index in [9.17, 15) is 0 Å². The van der Waals surface area contributed by atoms with Crippen molar-refractivity contribution in [3.63, 3.8) is 0 Å². The molecule has 0 spiro atoms. The van der Waals surface area contributed by atoms with Crippen LogP contribution in [0.2, 0.25) is 10.0 Å². The van der Waals surface area contributed by atoms with Gasteiger partial charge in [-0.1, -0.05) is 48.3 Å². The van der Waals surface area contributed by atoms with Crippen molar-refractivity contribution in [2.75, 3.05) is 5.32 Å². The number of fused-ring (bicyclic) bond motifs is 3. The highest BCUT2D eigenvalue weighted by atomic mass is 35.5. The lowest BCUT2D eigenvalue weighted by Gasteiger charge is -2.38. The van der Waals surface area contributed by atoms with Gasteiger partial charge in [0, 0.05) is 27.2 Å². The number of ether oxygens (including phenoxy) is 1. The second-order valence-corrected chi connectivity index (χ2v) is 8.01. The van der Waals surface area contributed by atoms with Gasteiger partial charge in [-0.15, -0.1) is 0 Å². The van der Waals surface area contributed by atoms with E-state index in [1.54, 1.807) is 0 Å². The molecule has 0 radical (unpaired) electrons. The van der Waals surface area contributed by atoms with E-state index in [0.717, 1.165) is 39.9 Å². The van der Waals surface area contributed by atoms with E-state index < -0.39 is 0 Å². The molecule has 4 atom stereocenters. The molecule has 26 heavy (non-hydrogen) atoms. The molecule has 0 aromatic heterocycles. The first-order valence-electron chi connectivity index (χ1n) is 9.26. The maximum Gasteiger partial charge on any atom is 0.120 e. The van der Waals surface area contributed by atoms with E-state index in [2.05, 4.69) is 43.4 Å². The van der Waals surface area contributed by atoms with Crippen LogP contribution in [-0.4, -0.2) is 6.10 Å². The normalized spacial score (nSPS) is 24.5. The molecular formula is C22H23Cl2NO. The van der Waals surface area contributed by atoms with Crippen LogP contribution in [0.4, 0.5) is 5.69 Å². The SMILES string of the molecule is CCC(C)Oc1ccc2c(c1)C1C=CCC1C(c1c(Cl)cccc1Cl)N2. The van der Waals surface area contributed by atoms with Crippen molar-refractivity contribution in [1.29, 1.82) is 0 Å². The summed E-state index contributed by atoms with van der Waals surface area (Å²) < 4.78 is 6.03. The molecule has 1 aliphatic heterocycles. The Morgan fingerprint density at radius 3 is 2.69 bits per heavy atom. The van der Waals surface area contributed by atoms with Crippen LogP contribution in [-0.2, 0) is 0 Å². The fraction of sp³-hybridized carbons (Fsp3) is 0.364. The predicted molar refractivity (Wildman–Crippen MR) is 110 cm³/mol. The molecule has 4 unspecified atom stereocenters. The van der Waals surface area contributed by atoms with Crippen LogP contribution in [0.5, 0.6) is 5.75 Å². The number of nitrogens with one attached hydrogen (secondary N) is 1. The molecule has 0 fully saturated rings. The van der Waals surface area contributed by atoms with Gasteiger partial charge in [0.2, 0.25) is 0 Å². The molecule has 2 aromatic carbocycles. The fourth-order valence-corrected chi connectivity index (χ4v) is 4.69. The summed E-state index contributed by atoms with van der Waals surface area (Å²) in [5.41, 5.74) is 3.43. The van der Waals surface area contributed by atoms with Crippen LogP contribution in [0.1, 0.15) is 49.8 Å². The third-order valence-electron chi connectivity index (χ3n) is 5.56. The molecule has 0 amide bonds. The van der Waals surface area contributed by atoms with Crippen LogP contribution in [0.15, 0.2) is 48.6 Å². The topological polar surface area (TPSA) is 21.3 Å². The zero-order chi connectivity index (χ0) is 18.3. The number of hydrogen-bond donors (Lipinski definition) is 1. The van der Waals surface area contributed by atoms with E-state index in [1.807, 2.05) is 24.3 Å². The number of rotatable bonds is 4. The second kappa shape index (κ2) is 7.17. The van der Waals surface area contributed by atoms with E-state index >= 15 is 0 Å². The summed E-state index contributed by atoms with van der Waals surface area (Å²) in [6.07, 6.45) is 6.81. The smallest absolute Gasteiger partial charge is 0.120 e. The molecule has 136 valence electrons. The van der Waals surface area contributed by atoms with E-state index in [-0.39, 0.29) is 12.1 Å². The Bertz CT molecular complexity index is 828. The number of hydrogen-bond acceptors (Lipinski definition) is 2. The van der Waals surface area contributed by atoms with E-state index in [4.69, 9.17) is 27.9 Å². The molecule has 4 heteroatoms. The van der Waals surface area contributed by atoms with Crippen molar-refractivity contribution in [2.24, 2.45) is 5.92 Å². The van der Waals surface area contributed by atoms with Gasteiger partial charge in [-0.25, -0.2) is 0 Å². The first-order valence-corrected chi connectivity index (χ1v) is 10.0. The van der Waals surface area contributed by atoms with E-state index in [0.29, 0.717) is 11.8 Å². The second-order valence-electron chi connectivity index (χ2n) is 7.20. The maximum atomic E-state index is 6.51. The Labute approximate surface area is 165 Å². The third kappa shape index (κ3) is 3.10. The third-order valence-corrected chi connectivity index (χ3v) is 6.22. The number of benzene rings is 2. The quantitative estimate of drug-likeness (QED) is 0.570. The van der Waals surface area contributed by atoms with Crippen LogP contribution >= 0.6 is 23.2 Å². The Morgan fingerprint density at radius 1 is 1.19 bits per heavy atom. The molecule has 1 aliphatic carbocycles. The largest absolute Gasteiger partial charge is 0.491 e. The summed E-state index contributed by atoms with van der Waals surface area (Å²) >= 11 is 13.0. The van der Waals surface area contributed by atoms with Crippen molar-refractivity contribution in [3.8, 4) is 5.75 Å². The first-order chi connectivity index (χ1) is 12.6. The van der Waals surface area contributed by atoms with Crippen molar-refractivity contribution >= 4 is 28.9 Å². The summed E-state index contributed by atoms with van der Waals surface area (Å²) in [6, 6.07) is 12.2. The Morgan fingerprint density at radius 2 is 1.96 bits per heavy atom. The predicted octanol–water partition coefficient (Wildman–Crippen LogP) is 7.00. The monoisotopic (exact) mass is 387 g/mol. The lowest BCUT2D eigenvalue weighted by molar-refractivity contribution is 0.217. The van der Waals surface area contributed by atoms with E-state index in [1.165, 1.54) is 5.56 Å². The van der Waals surface area contributed by atoms with Crippen LogP contribution in [0, 0.1) is 5.92 Å². The van der Waals surface area contributed by atoms with Gasteiger partial charge in [-0.2, -0.15) is 0 Å². The van der Waals surface area contributed by atoms with Gasteiger partial charge in [-0.3, -0.25) is 0 Å². The molecule has 4 rings (SSSR count). The summed E-state index contributed by atoms with van der Waals surface area (Å²) in [4.78, 5) is 0. The lowest BCUT2D eigenvalue weighted by atomic mass is 9.77. The zero-order valence-corrected chi connectivity index (χ0v) is 16.5. The summed E-state index contributed by atoms with van der Waals surface area (Å²) in [6.45, 7) is 4.24. The van der Waals surface area contributed by atoms with Crippen molar-refractivity contribution in [1.82, 2.24) is 0 Å². The summed E-state index contributed by atoms with van der Waals surface area (Å²) in [5, 5.41) is 5.14. The molecule has 1 N–H and O–H groups in total. The minimum absolute atomic E-state index is 0.102. The molecule has 2 nitrogen and oxygen atoms in total. The Balaban J connectivity index is 1.73. The van der Waals surface area contributed by atoms with Gasteiger partial charge >= 0.3 is 0 Å². The van der Waals surface area contributed by atoms with Gasteiger partial charge in [0.05, 0.1) is 12.1 Å². The molecule has 1 heterocycles. The molecule has 0 saturated heterocycles. The highest BCUT2D eigenvalue weighted by molar-refractivity contribution is 6.36. The van der Waals surface area contributed by atoms with Crippen LogP contribution < -0.4 is 10.1 Å². The van der Waals surface area contributed by atoms with Gasteiger partial charge in [0.1, 0.15) is 5.75 Å².